The van der Waals surface area contributed by atoms with Gasteiger partial charge in [0.2, 0.25) is 0 Å². The summed E-state index contributed by atoms with van der Waals surface area (Å²) in [6.45, 7) is 0. The highest BCUT2D eigenvalue weighted by atomic mass is 16.3. The van der Waals surface area contributed by atoms with Crippen LogP contribution < -0.4 is 0 Å². The summed E-state index contributed by atoms with van der Waals surface area (Å²) < 4.78 is 5.84. The monoisotopic (exact) mass is 259 g/mol. The molecule has 1 aliphatic rings. The summed E-state index contributed by atoms with van der Waals surface area (Å²) in [7, 11) is 0. The number of aryl methyl sites for hydroxylation is 1. The van der Waals surface area contributed by atoms with E-state index in [1.165, 1.54) is 27.8 Å². The van der Waals surface area contributed by atoms with Gasteiger partial charge in [0, 0.05) is 11.6 Å². The molecular formula is C19H15O+. The zero-order valence-electron chi connectivity index (χ0n) is 11.2. The summed E-state index contributed by atoms with van der Waals surface area (Å²) in [6.07, 6.45) is 3.94. The van der Waals surface area contributed by atoms with Crippen LogP contribution in [-0.2, 0) is 12.8 Å². The van der Waals surface area contributed by atoms with Gasteiger partial charge in [-0.25, -0.2) is 4.42 Å². The largest absolute Gasteiger partial charge is 0.363 e. The average Bonchev–Trinajstić information content (AvgIpc) is 2.55. The lowest BCUT2D eigenvalue weighted by Gasteiger charge is -2.15. The second kappa shape index (κ2) is 4.61. The fourth-order valence-electron chi connectivity index (χ4n) is 3.05. The van der Waals surface area contributed by atoms with Crippen LogP contribution >= 0.6 is 0 Å². The summed E-state index contributed by atoms with van der Waals surface area (Å²) >= 11 is 0. The quantitative estimate of drug-likeness (QED) is 0.560. The van der Waals surface area contributed by atoms with Crippen LogP contribution in [-0.4, -0.2) is 0 Å². The van der Waals surface area contributed by atoms with E-state index in [1.807, 2.05) is 6.26 Å². The van der Waals surface area contributed by atoms with Crippen LogP contribution in [0.3, 0.4) is 0 Å². The Balaban J connectivity index is 1.95. The summed E-state index contributed by atoms with van der Waals surface area (Å²) in [5.74, 6) is 1.04. The van der Waals surface area contributed by atoms with E-state index in [4.69, 9.17) is 4.42 Å². The van der Waals surface area contributed by atoms with Crippen molar-refractivity contribution >= 4 is 0 Å². The number of hydrogen-bond acceptors (Lipinski definition) is 0. The van der Waals surface area contributed by atoms with Crippen LogP contribution in [0, 0.1) is 0 Å². The number of hydrogen-bond donors (Lipinski definition) is 0. The van der Waals surface area contributed by atoms with E-state index in [0.29, 0.717) is 0 Å². The molecule has 3 aromatic rings. The summed E-state index contributed by atoms with van der Waals surface area (Å²) in [6, 6.07) is 21.2. The fraction of sp³-hybridized carbons (Fsp3) is 0.105. The Morgan fingerprint density at radius 2 is 1.50 bits per heavy atom. The van der Waals surface area contributed by atoms with Gasteiger partial charge in [0.1, 0.15) is 0 Å². The second-order valence-electron chi connectivity index (χ2n) is 5.17. The van der Waals surface area contributed by atoms with Crippen LogP contribution in [0.1, 0.15) is 11.1 Å². The van der Waals surface area contributed by atoms with E-state index in [9.17, 15) is 0 Å². The highest BCUT2D eigenvalue weighted by Gasteiger charge is 2.28. The van der Waals surface area contributed by atoms with Gasteiger partial charge < -0.3 is 0 Å². The highest BCUT2D eigenvalue weighted by Crippen LogP contribution is 2.38. The minimum absolute atomic E-state index is 1.04. The molecule has 1 heterocycles. The Hall–Kier alpha value is -2.41. The van der Waals surface area contributed by atoms with Crippen LogP contribution in [0.25, 0.3) is 22.5 Å². The lowest BCUT2D eigenvalue weighted by Crippen LogP contribution is -2.05. The van der Waals surface area contributed by atoms with Crippen LogP contribution in [0.5, 0.6) is 0 Å². The first-order chi connectivity index (χ1) is 9.93. The smallest absolute Gasteiger partial charge is 0.215 e. The Morgan fingerprint density at radius 3 is 2.40 bits per heavy atom. The summed E-state index contributed by atoms with van der Waals surface area (Å²) in [5.41, 5.74) is 6.51. The molecule has 0 fully saturated rings. The average molecular weight is 259 g/mol. The van der Waals surface area contributed by atoms with Crippen molar-refractivity contribution in [1.82, 2.24) is 0 Å². The zero-order chi connectivity index (χ0) is 13.4. The third kappa shape index (κ3) is 1.75. The molecule has 0 saturated carbocycles. The lowest BCUT2D eigenvalue weighted by molar-refractivity contribution is 0.554. The van der Waals surface area contributed by atoms with Gasteiger partial charge in [0.25, 0.3) is 0 Å². The molecule has 1 aromatic heterocycles. The molecule has 0 aliphatic heterocycles. The van der Waals surface area contributed by atoms with Crippen LogP contribution in [0.2, 0.25) is 0 Å². The first-order valence-corrected chi connectivity index (χ1v) is 7.01. The number of fused-ring (bicyclic) bond motifs is 3. The molecule has 0 unspecified atom stereocenters. The van der Waals surface area contributed by atoms with E-state index in [2.05, 4.69) is 60.7 Å². The Morgan fingerprint density at radius 1 is 0.700 bits per heavy atom. The van der Waals surface area contributed by atoms with Crippen molar-refractivity contribution in [3.05, 3.63) is 78.1 Å². The molecular weight excluding hydrogens is 244 g/mol. The van der Waals surface area contributed by atoms with Gasteiger partial charge in [-0.1, -0.05) is 48.5 Å². The van der Waals surface area contributed by atoms with E-state index >= 15 is 0 Å². The van der Waals surface area contributed by atoms with Crippen LogP contribution in [0.4, 0.5) is 0 Å². The van der Waals surface area contributed by atoms with E-state index in [-0.39, 0.29) is 0 Å². The van der Waals surface area contributed by atoms with Crippen molar-refractivity contribution in [2.24, 2.45) is 0 Å². The molecule has 4 rings (SSSR count). The predicted molar refractivity (Wildman–Crippen MR) is 81.4 cm³/mol. The van der Waals surface area contributed by atoms with E-state index in [0.717, 1.165) is 18.6 Å². The van der Waals surface area contributed by atoms with Crippen molar-refractivity contribution in [3.63, 3.8) is 0 Å². The molecule has 1 nitrogen and oxygen atoms in total. The zero-order valence-corrected chi connectivity index (χ0v) is 11.2. The third-order valence-corrected chi connectivity index (χ3v) is 4.01. The minimum atomic E-state index is 1.04. The molecule has 0 spiro atoms. The second-order valence-corrected chi connectivity index (χ2v) is 5.17. The normalized spacial score (nSPS) is 12.6. The molecule has 0 N–H and O–H groups in total. The van der Waals surface area contributed by atoms with Crippen molar-refractivity contribution < 1.29 is 4.42 Å². The van der Waals surface area contributed by atoms with Gasteiger partial charge in [-0.3, -0.25) is 0 Å². The summed E-state index contributed by atoms with van der Waals surface area (Å²) in [5, 5.41) is 0. The topological polar surface area (TPSA) is 11.3 Å². The maximum Gasteiger partial charge on any atom is 0.363 e. The highest BCUT2D eigenvalue weighted by molar-refractivity contribution is 5.77. The van der Waals surface area contributed by atoms with Crippen molar-refractivity contribution in [3.8, 4) is 22.5 Å². The first-order valence-electron chi connectivity index (χ1n) is 7.01. The van der Waals surface area contributed by atoms with Gasteiger partial charge in [-0.2, -0.15) is 0 Å². The van der Waals surface area contributed by atoms with Gasteiger partial charge >= 0.3 is 12.0 Å². The molecule has 0 radical (unpaired) electrons. The molecule has 20 heavy (non-hydrogen) atoms. The maximum absolute atomic E-state index is 5.84. The first kappa shape index (κ1) is 11.4. The Labute approximate surface area is 118 Å². The van der Waals surface area contributed by atoms with E-state index in [1.54, 1.807) is 0 Å². The van der Waals surface area contributed by atoms with Crippen LogP contribution in [0.15, 0.2) is 71.3 Å². The molecule has 2 aromatic carbocycles. The van der Waals surface area contributed by atoms with Crippen molar-refractivity contribution in [2.75, 3.05) is 0 Å². The molecule has 1 heteroatoms. The van der Waals surface area contributed by atoms with Crippen molar-refractivity contribution in [2.45, 2.75) is 12.8 Å². The lowest BCUT2D eigenvalue weighted by atomic mass is 9.86. The molecule has 0 amide bonds. The molecule has 1 aliphatic carbocycles. The molecule has 0 saturated heterocycles. The Kier molecular flexibility index (Phi) is 2.63. The van der Waals surface area contributed by atoms with Gasteiger partial charge in [0.05, 0.1) is 11.1 Å². The van der Waals surface area contributed by atoms with Crippen molar-refractivity contribution in [1.29, 1.82) is 0 Å². The molecule has 96 valence electrons. The number of benzene rings is 2. The van der Waals surface area contributed by atoms with Gasteiger partial charge in [0.15, 0.2) is 0 Å². The van der Waals surface area contributed by atoms with E-state index < -0.39 is 0 Å². The molecule has 0 bridgehead atoms. The third-order valence-electron chi connectivity index (χ3n) is 4.01. The predicted octanol–water partition coefficient (Wildman–Crippen LogP) is 4.99. The van der Waals surface area contributed by atoms with Gasteiger partial charge in [-0.15, -0.1) is 0 Å². The summed E-state index contributed by atoms with van der Waals surface area (Å²) in [4.78, 5) is 0. The maximum atomic E-state index is 5.84. The van der Waals surface area contributed by atoms with Gasteiger partial charge in [-0.05, 0) is 30.0 Å². The standard InChI is InChI=1S/C19H15O/c1-2-6-14(7-3-1)16-12-13-20-19-17-9-5-4-8-15(17)10-11-18(16)19/h1-9,12-13H,10-11H2/q+1. The minimum Gasteiger partial charge on any atom is -0.215 e. The fourth-order valence-corrected chi connectivity index (χ4v) is 3.05. The molecule has 0 atom stereocenters. The SMILES string of the molecule is c1ccc(-c2cc[o+]c3c2CCc2ccccc2-3)cc1. The Bertz CT molecular complexity index is 745. The number of rotatable bonds is 1.